The summed E-state index contributed by atoms with van der Waals surface area (Å²) in [6.45, 7) is 3.44. The molecule has 2 aromatic heterocycles. The summed E-state index contributed by atoms with van der Waals surface area (Å²) in [5, 5.41) is 28.2. The van der Waals surface area contributed by atoms with E-state index in [0.717, 1.165) is 54.8 Å². The number of anilines is 2. The maximum Gasteiger partial charge on any atom is 0.319 e. The second-order valence-corrected chi connectivity index (χ2v) is 8.96. The molecule has 0 aliphatic carbocycles. The van der Waals surface area contributed by atoms with Crippen LogP contribution in [0.4, 0.5) is 16.3 Å². The summed E-state index contributed by atoms with van der Waals surface area (Å²) < 4.78 is 7.43. The molecule has 0 bridgehead atoms. The molecule has 0 atom stereocenters. The number of nitrogens with one attached hydrogen (secondary N) is 3. The molecular weight excluding hydrogens is 492 g/mol. The Labute approximate surface area is 220 Å². The average Bonchev–Trinajstić information content (AvgIpc) is 3.36. The number of hydroxylamine groups is 1. The number of aryl methyl sites for hydroxylation is 1. The van der Waals surface area contributed by atoms with Gasteiger partial charge in [-0.05, 0) is 37.1 Å². The fourth-order valence-corrected chi connectivity index (χ4v) is 4.25. The molecule has 1 aliphatic rings. The highest BCUT2D eigenvalue weighted by molar-refractivity contribution is 5.90. The molecule has 3 aromatic rings. The van der Waals surface area contributed by atoms with E-state index in [1.165, 1.54) is 0 Å². The number of nitrogens with zero attached hydrogens (tertiary/aromatic N) is 5. The van der Waals surface area contributed by atoms with Crippen LogP contribution in [0.5, 0.6) is 0 Å². The summed E-state index contributed by atoms with van der Waals surface area (Å²) in [5.41, 5.74) is 3.83. The van der Waals surface area contributed by atoms with Crippen molar-refractivity contribution in [1.29, 1.82) is 0 Å². The number of carbonyl (C=O) groups excluding carboxylic acids is 2. The number of fused-ring (bicyclic) bond motifs is 1. The third kappa shape index (κ3) is 7.15. The zero-order valence-corrected chi connectivity index (χ0v) is 21.2. The Bertz CT molecular complexity index is 1210. The molecule has 5 N–H and O–H groups in total. The second kappa shape index (κ2) is 13.7. The van der Waals surface area contributed by atoms with E-state index in [0.29, 0.717) is 44.1 Å². The number of ether oxygens (including phenoxy) is 1. The maximum absolute atomic E-state index is 11.9. The Morgan fingerprint density at radius 1 is 1.03 bits per heavy atom. The summed E-state index contributed by atoms with van der Waals surface area (Å²) in [5.74, 6) is 1.02. The van der Waals surface area contributed by atoms with Crippen LogP contribution in [0.1, 0.15) is 32.1 Å². The number of aliphatic hydroxyl groups excluding tert-OH is 1. The van der Waals surface area contributed by atoms with Gasteiger partial charge in [0.1, 0.15) is 5.82 Å². The molecule has 13 nitrogen and oxygen atoms in total. The van der Waals surface area contributed by atoms with Gasteiger partial charge in [0.15, 0.2) is 11.5 Å². The van der Waals surface area contributed by atoms with Gasteiger partial charge in [0, 0.05) is 43.9 Å². The van der Waals surface area contributed by atoms with Gasteiger partial charge >= 0.3 is 6.03 Å². The first-order valence-electron chi connectivity index (χ1n) is 12.8. The zero-order valence-electron chi connectivity index (χ0n) is 21.2. The molecular formula is C25H34N8O5. The number of unbranched alkanes of at least 4 members (excludes halogenated alkanes) is 3. The Morgan fingerprint density at radius 3 is 2.53 bits per heavy atom. The van der Waals surface area contributed by atoms with Crippen LogP contribution >= 0.6 is 0 Å². The van der Waals surface area contributed by atoms with E-state index in [9.17, 15) is 9.59 Å². The van der Waals surface area contributed by atoms with Crippen molar-refractivity contribution < 1.29 is 24.6 Å². The van der Waals surface area contributed by atoms with E-state index < -0.39 is 0 Å². The largest absolute Gasteiger partial charge is 0.395 e. The van der Waals surface area contributed by atoms with Gasteiger partial charge in [-0.1, -0.05) is 12.8 Å². The highest BCUT2D eigenvalue weighted by Crippen LogP contribution is 2.29. The molecule has 1 aliphatic heterocycles. The van der Waals surface area contributed by atoms with E-state index >= 15 is 0 Å². The van der Waals surface area contributed by atoms with Crippen LogP contribution in [0.2, 0.25) is 0 Å². The topological polar surface area (TPSA) is 167 Å². The molecule has 13 heteroatoms. The van der Waals surface area contributed by atoms with Gasteiger partial charge in [0.2, 0.25) is 5.91 Å². The van der Waals surface area contributed by atoms with Crippen LogP contribution in [0.15, 0.2) is 30.5 Å². The zero-order chi connectivity index (χ0) is 26.7. The van der Waals surface area contributed by atoms with Crippen molar-refractivity contribution in [2.45, 2.75) is 38.6 Å². The molecule has 4 rings (SSSR count). The second-order valence-electron chi connectivity index (χ2n) is 8.96. The molecule has 1 saturated heterocycles. The van der Waals surface area contributed by atoms with E-state index in [2.05, 4.69) is 20.6 Å². The lowest BCUT2D eigenvalue weighted by Gasteiger charge is -2.28. The van der Waals surface area contributed by atoms with E-state index in [4.69, 9.17) is 25.0 Å². The number of urea groups is 1. The average molecular weight is 527 g/mol. The molecule has 0 saturated carbocycles. The summed E-state index contributed by atoms with van der Waals surface area (Å²) >= 11 is 0. The van der Waals surface area contributed by atoms with Crippen LogP contribution in [-0.2, 0) is 16.1 Å². The van der Waals surface area contributed by atoms with Crippen molar-refractivity contribution in [3.63, 3.8) is 0 Å². The van der Waals surface area contributed by atoms with E-state index in [-0.39, 0.29) is 25.1 Å². The van der Waals surface area contributed by atoms with Gasteiger partial charge in [-0.2, -0.15) is 5.10 Å². The van der Waals surface area contributed by atoms with Crippen molar-refractivity contribution in [1.82, 2.24) is 30.5 Å². The standard InChI is InChI=1S/C25H34N8O5/c34-14-10-26-25(36)28-19-8-6-18(7-9-19)22-29-23(32-12-15-38-16-13-32)20-17-27-33(24(20)30-22)11-4-2-1-3-5-21(35)31-37/h6-9,17,34,37H,1-5,10-16H2,(H,31,35)(H2,26,28,36). The van der Waals surface area contributed by atoms with Crippen molar-refractivity contribution in [2.75, 3.05) is 49.7 Å². The van der Waals surface area contributed by atoms with Gasteiger partial charge in [0.05, 0.1) is 31.4 Å². The lowest BCUT2D eigenvalue weighted by atomic mass is 10.1. The molecule has 0 unspecified atom stereocenters. The minimum absolute atomic E-state index is 0.127. The van der Waals surface area contributed by atoms with Crippen LogP contribution in [0, 0.1) is 0 Å². The summed E-state index contributed by atoms with van der Waals surface area (Å²) in [6, 6.07) is 6.89. The Morgan fingerprint density at radius 2 is 1.79 bits per heavy atom. The first kappa shape index (κ1) is 27.2. The predicted molar refractivity (Wildman–Crippen MR) is 141 cm³/mol. The number of aliphatic hydroxyl groups is 1. The summed E-state index contributed by atoms with van der Waals surface area (Å²) in [6.07, 6.45) is 5.52. The number of morpholine rings is 1. The highest BCUT2D eigenvalue weighted by Gasteiger charge is 2.20. The van der Waals surface area contributed by atoms with Gasteiger partial charge in [-0.15, -0.1) is 0 Å². The van der Waals surface area contributed by atoms with Gasteiger partial charge in [-0.25, -0.2) is 24.9 Å². The number of rotatable bonds is 12. The molecule has 0 radical (unpaired) electrons. The molecule has 1 fully saturated rings. The lowest BCUT2D eigenvalue weighted by Crippen LogP contribution is -2.37. The number of benzene rings is 1. The van der Waals surface area contributed by atoms with Crippen LogP contribution < -0.4 is 21.0 Å². The summed E-state index contributed by atoms with van der Waals surface area (Å²) in [4.78, 5) is 35.0. The predicted octanol–water partition coefficient (Wildman–Crippen LogP) is 1.90. The van der Waals surface area contributed by atoms with Crippen molar-refractivity contribution in [3.05, 3.63) is 30.5 Å². The SMILES string of the molecule is O=C(CCCCCCn1ncc2c(N3CCOCC3)nc(-c3ccc(NC(=O)NCCO)cc3)nc21)NO. The molecule has 3 heterocycles. The fraction of sp³-hybridized carbons (Fsp3) is 0.480. The van der Waals surface area contributed by atoms with Gasteiger partial charge in [-0.3, -0.25) is 10.0 Å². The van der Waals surface area contributed by atoms with Gasteiger partial charge in [0.25, 0.3) is 0 Å². The Kier molecular flexibility index (Phi) is 9.78. The number of amides is 3. The smallest absolute Gasteiger partial charge is 0.319 e. The molecule has 0 spiro atoms. The molecule has 38 heavy (non-hydrogen) atoms. The fourth-order valence-electron chi connectivity index (χ4n) is 4.25. The quantitative estimate of drug-likeness (QED) is 0.135. The Balaban J connectivity index is 1.52. The number of carbonyl (C=O) groups is 2. The van der Waals surface area contributed by atoms with Crippen LogP contribution in [0.25, 0.3) is 22.4 Å². The minimum atomic E-state index is -0.389. The third-order valence-corrected chi connectivity index (χ3v) is 6.23. The maximum atomic E-state index is 11.9. The summed E-state index contributed by atoms with van der Waals surface area (Å²) in [7, 11) is 0. The normalized spacial score (nSPS) is 13.5. The Hall–Kier alpha value is -3.81. The lowest BCUT2D eigenvalue weighted by molar-refractivity contribution is -0.129. The molecule has 204 valence electrons. The van der Waals surface area contributed by atoms with Gasteiger partial charge < -0.3 is 25.4 Å². The van der Waals surface area contributed by atoms with Crippen LogP contribution in [0.3, 0.4) is 0 Å². The van der Waals surface area contributed by atoms with Crippen LogP contribution in [-0.4, -0.2) is 81.5 Å². The molecule has 3 amide bonds. The number of hydrogen-bond acceptors (Lipinski definition) is 9. The number of aromatic nitrogens is 4. The van der Waals surface area contributed by atoms with E-state index in [1.54, 1.807) is 17.6 Å². The van der Waals surface area contributed by atoms with Crippen molar-refractivity contribution in [2.24, 2.45) is 0 Å². The van der Waals surface area contributed by atoms with Crippen molar-refractivity contribution in [3.8, 4) is 11.4 Å². The molecule has 1 aromatic carbocycles. The first-order valence-corrected chi connectivity index (χ1v) is 12.8. The highest BCUT2D eigenvalue weighted by atomic mass is 16.5. The number of hydrogen-bond donors (Lipinski definition) is 5. The third-order valence-electron chi connectivity index (χ3n) is 6.23. The first-order chi connectivity index (χ1) is 18.6. The minimum Gasteiger partial charge on any atom is -0.395 e. The van der Waals surface area contributed by atoms with Crippen molar-refractivity contribution >= 4 is 34.5 Å². The van der Waals surface area contributed by atoms with E-state index in [1.807, 2.05) is 23.0 Å². The monoisotopic (exact) mass is 526 g/mol.